The third-order valence-corrected chi connectivity index (χ3v) is 2.50. The summed E-state index contributed by atoms with van der Waals surface area (Å²) >= 11 is 0. The molecule has 0 aliphatic carbocycles. The molecule has 0 unspecified atom stereocenters. The van der Waals surface area contributed by atoms with E-state index in [9.17, 15) is 19.3 Å². The number of carbonyl (C=O) groups is 1. The number of nitrogens with zero attached hydrogens (tertiary/aromatic N) is 2. The molecular formula is C12H16FN3O3. The molecule has 1 aromatic rings. The van der Waals surface area contributed by atoms with E-state index in [0.29, 0.717) is 18.5 Å². The first-order chi connectivity index (χ1) is 8.90. The minimum atomic E-state index is -0.643. The van der Waals surface area contributed by atoms with E-state index in [2.05, 4.69) is 5.32 Å². The number of nitro benzene ring substituents is 1. The monoisotopic (exact) mass is 269 g/mol. The van der Waals surface area contributed by atoms with Crippen LogP contribution in [0.1, 0.15) is 12.0 Å². The summed E-state index contributed by atoms with van der Waals surface area (Å²) in [6.07, 6.45) is 0.324. The first-order valence-electron chi connectivity index (χ1n) is 5.75. The van der Waals surface area contributed by atoms with Gasteiger partial charge in [0.05, 0.1) is 11.0 Å². The number of carbonyl (C=O) groups excluding carboxylic acids is 1. The molecule has 0 radical (unpaired) electrons. The maximum absolute atomic E-state index is 13.1. The SMILES string of the molecule is CN(C)C(=O)CCNCc1cc(F)cc([N+](=O)[O-])c1. The predicted octanol–water partition coefficient (Wildman–Crippen LogP) is 1.30. The molecule has 0 aromatic heterocycles. The van der Waals surface area contributed by atoms with E-state index < -0.39 is 10.7 Å². The van der Waals surface area contributed by atoms with Gasteiger partial charge in [-0.05, 0) is 11.6 Å². The van der Waals surface area contributed by atoms with Crippen molar-refractivity contribution in [1.29, 1.82) is 0 Å². The lowest BCUT2D eigenvalue weighted by atomic mass is 10.2. The number of hydrogen-bond acceptors (Lipinski definition) is 4. The van der Waals surface area contributed by atoms with Crippen molar-refractivity contribution in [3.63, 3.8) is 0 Å². The number of non-ortho nitro benzene ring substituents is 1. The van der Waals surface area contributed by atoms with Crippen molar-refractivity contribution in [2.24, 2.45) is 0 Å². The summed E-state index contributed by atoms with van der Waals surface area (Å²) in [6, 6.07) is 3.41. The van der Waals surface area contributed by atoms with Gasteiger partial charge in [-0.1, -0.05) is 0 Å². The van der Waals surface area contributed by atoms with Crippen LogP contribution >= 0.6 is 0 Å². The number of nitrogens with one attached hydrogen (secondary N) is 1. The average molecular weight is 269 g/mol. The van der Waals surface area contributed by atoms with Gasteiger partial charge < -0.3 is 10.2 Å². The van der Waals surface area contributed by atoms with Crippen LogP contribution in [0.15, 0.2) is 18.2 Å². The zero-order chi connectivity index (χ0) is 14.4. The summed E-state index contributed by atoms with van der Waals surface area (Å²) < 4.78 is 13.1. The van der Waals surface area contributed by atoms with E-state index in [-0.39, 0.29) is 18.1 Å². The van der Waals surface area contributed by atoms with Gasteiger partial charge in [-0.2, -0.15) is 0 Å². The second-order valence-electron chi connectivity index (χ2n) is 4.29. The molecule has 0 saturated carbocycles. The van der Waals surface area contributed by atoms with Crippen molar-refractivity contribution >= 4 is 11.6 Å². The van der Waals surface area contributed by atoms with Crippen molar-refractivity contribution in [2.45, 2.75) is 13.0 Å². The smallest absolute Gasteiger partial charge is 0.272 e. The molecule has 19 heavy (non-hydrogen) atoms. The van der Waals surface area contributed by atoms with E-state index >= 15 is 0 Å². The standard InChI is InChI=1S/C12H16FN3O3/c1-15(2)12(17)3-4-14-8-9-5-10(13)7-11(6-9)16(18)19/h5-7,14H,3-4,8H2,1-2H3. The number of nitro groups is 1. The second-order valence-corrected chi connectivity index (χ2v) is 4.29. The average Bonchev–Trinajstić information content (AvgIpc) is 2.33. The molecule has 1 amide bonds. The van der Waals surface area contributed by atoms with Gasteiger partial charge in [0.2, 0.25) is 5.91 Å². The van der Waals surface area contributed by atoms with Crippen molar-refractivity contribution in [3.05, 3.63) is 39.7 Å². The van der Waals surface area contributed by atoms with E-state index in [4.69, 9.17) is 0 Å². The molecule has 6 nitrogen and oxygen atoms in total. The summed E-state index contributed by atoms with van der Waals surface area (Å²) in [5.41, 5.74) is 0.199. The lowest BCUT2D eigenvalue weighted by Crippen LogP contribution is -2.26. The fourth-order valence-corrected chi connectivity index (χ4v) is 1.49. The number of rotatable bonds is 6. The molecule has 7 heteroatoms. The van der Waals surface area contributed by atoms with E-state index in [0.717, 1.165) is 6.07 Å². The van der Waals surface area contributed by atoms with E-state index in [1.54, 1.807) is 14.1 Å². The quantitative estimate of drug-likeness (QED) is 0.480. The number of benzene rings is 1. The van der Waals surface area contributed by atoms with Gasteiger partial charge in [-0.15, -0.1) is 0 Å². The van der Waals surface area contributed by atoms with Crippen molar-refractivity contribution in [1.82, 2.24) is 10.2 Å². The number of halogens is 1. The largest absolute Gasteiger partial charge is 0.349 e. The van der Waals surface area contributed by atoms with Crippen LogP contribution in [0.25, 0.3) is 0 Å². The van der Waals surface area contributed by atoms with Crippen LogP contribution in [0.3, 0.4) is 0 Å². The summed E-state index contributed by atoms with van der Waals surface area (Å²) in [7, 11) is 3.33. The van der Waals surface area contributed by atoms with Crippen LogP contribution in [0, 0.1) is 15.9 Å². The summed E-state index contributed by atoms with van der Waals surface area (Å²) in [6.45, 7) is 0.709. The maximum atomic E-state index is 13.1. The minimum absolute atomic E-state index is 0.0160. The molecule has 1 N–H and O–H groups in total. The van der Waals surface area contributed by atoms with Gasteiger partial charge in [0.1, 0.15) is 5.82 Å². The van der Waals surface area contributed by atoms with Gasteiger partial charge >= 0.3 is 0 Å². The highest BCUT2D eigenvalue weighted by Gasteiger charge is 2.09. The topological polar surface area (TPSA) is 75.5 Å². The number of hydrogen-bond donors (Lipinski definition) is 1. The first kappa shape index (κ1) is 15.0. The molecule has 0 atom stereocenters. The fraction of sp³-hybridized carbons (Fsp3) is 0.417. The third-order valence-electron chi connectivity index (χ3n) is 2.50. The Kier molecular flexibility index (Phi) is 5.37. The molecular weight excluding hydrogens is 253 g/mol. The van der Waals surface area contributed by atoms with Crippen LogP contribution in [0.4, 0.5) is 10.1 Å². The highest BCUT2D eigenvalue weighted by molar-refractivity contribution is 5.75. The Balaban J connectivity index is 2.49. The van der Waals surface area contributed by atoms with Crippen molar-refractivity contribution in [3.8, 4) is 0 Å². The van der Waals surface area contributed by atoms with Crippen LogP contribution in [0.2, 0.25) is 0 Å². The second kappa shape index (κ2) is 6.79. The molecule has 0 aliphatic rings. The Morgan fingerprint density at radius 2 is 2.11 bits per heavy atom. The third kappa shape index (κ3) is 5.01. The van der Waals surface area contributed by atoms with Crippen LogP contribution in [-0.2, 0) is 11.3 Å². The normalized spacial score (nSPS) is 10.3. The van der Waals surface area contributed by atoms with Gasteiger partial charge in [0, 0.05) is 39.7 Å². The van der Waals surface area contributed by atoms with Crippen LogP contribution < -0.4 is 5.32 Å². The van der Waals surface area contributed by atoms with Gasteiger partial charge in [0.25, 0.3) is 5.69 Å². The Morgan fingerprint density at radius 3 is 2.68 bits per heavy atom. The molecule has 1 aromatic carbocycles. The molecule has 0 saturated heterocycles. The molecule has 0 bridgehead atoms. The Bertz CT molecular complexity index is 477. The summed E-state index contributed by atoms with van der Waals surface area (Å²) in [5, 5.41) is 13.5. The first-order valence-corrected chi connectivity index (χ1v) is 5.75. The zero-order valence-corrected chi connectivity index (χ0v) is 10.9. The fourth-order valence-electron chi connectivity index (χ4n) is 1.49. The van der Waals surface area contributed by atoms with Crippen molar-refractivity contribution < 1.29 is 14.1 Å². The Hall–Kier alpha value is -2.02. The zero-order valence-electron chi connectivity index (χ0n) is 10.9. The Morgan fingerprint density at radius 1 is 1.42 bits per heavy atom. The van der Waals surface area contributed by atoms with Gasteiger partial charge in [-0.3, -0.25) is 14.9 Å². The summed E-state index contributed by atoms with van der Waals surface area (Å²) in [5.74, 6) is -0.659. The lowest BCUT2D eigenvalue weighted by Gasteiger charge is -2.10. The maximum Gasteiger partial charge on any atom is 0.272 e. The molecule has 0 fully saturated rings. The Labute approximate surface area is 110 Å². The van der Waals surface area contributed by atoms with E-state index in [1.807, 2.05) is 0 Å². The van der Waals surface area contributed by atoms with E-state index in [1.165, 1.54) is 17.0 Å². The number of amides is 1. The highest BCUT2D eigenvalue weighted by Crippen LogP contribution is 2.16. The van der Waals surface area contributed by atoms with Gasteiger partial charge in [-0.25, -0.2) is 4.39 Å². The molecule has 104 valence electrons. The minimum Gasteiger partial charge on any atom is -0.349 e. The molecule has 0 heterocycles. The predicted molar refractivity (Wildman–Crippen MR) is 68.1 cm³/mol. The molecule has 1 rings (SSSR count). The summed E-state index contributed by atoms with van der Waals surface area (Å²) in [4.78, 5) is 22.7. The van der Waals surface area contributed by atoms with Crippen molar-refractivity contribution in [2.75, 3.05) is 20.6 Å². The van der Waals surface area contributed by atoms with Crippen LogP contribution in [-0.4, -0.2) is 36.4 Å². The molecule has 0 spiro atoms. The van der Waals surface area contributed by atoms with Gasteiger partial charge in [0.15, 0.2) is 0 Å². The highest BCUT2D eigenvalue weighted by atomic mass is 19.1. The molecule has 0 aliphatic heterocycles. The van der Waals surface area contributed by atoms with Crippen LogP contribution in [0.5, 0.6) is 0 Å². The lowest BCUT2D eigenvalue weighted by molar-refractivity contribution is -0.385.